The van der Waals surface area contributed by atoms with Gasteiger partial charge in [-0.25, -0.2) is 0 Å². The van der Waals surface area contributed by atoms with Crippen LogP contribution in [0.25, 0.3) is 10.9 Å². The van der Waals surface area contributed by atoms with Crippen LogP contribution in [0.3, 0.4) is 0 Å². The molecule has 0 saturated carbocycles. The molecule has 0 fully saturated rings. The lowest BCUT2D eigenvalue weighted by atomic mass is 10.0. The molecule has 15 heavy (non-hydrogen) atoms. The van der Waals surface area contributed by atoms with E-state index in [0.717, 1.165) is 22.2 Å². The summed E-state index contributed by atoms with van der Waals surface area (Å²) >= 11 is 0. The number of fused-ring (bicyclic) bond motifs is 1. The number of aryl methyl sites for hydroxylation is 2. The quantitative estimate of drug-likeness (QED) is 0.701. The van der Waals surface area contributed by atoms with E-state index in [9.17, 15) is 4.79 Å². The van der Waals surface area contributed by atoms with Crippen LogP contribution in [0, 0.1) is 6.92 Å². The van der Waals surface area contributed by atoms with E-state index in [-0.39, 0.29) is 5.78 Å². The van der Waals surface area contributed by atoms with Crippen LogP contribution in [0.4, 0.5) is 0 Å². The fourth-order valence-electron chi connectivity index (χ4n) is 1.93. The Morgan fingerprint density at radius 3 is 2.87 bits per heavy atom. The van der Waals surface area contributed by atoms with E-state index in [1.807, 2.05) is 39.1 Å². The predicted molar refractivity (Wildman–Crippen MR) is 60.1 cm³/mol. The highest BCUT2D eigenvalue weighted by Crippen LogP contribution is 2.22. The SMILES string of the molecule is CCC(=O)c1cccc2c(C)nn(C)c12. The zero-order chi connectivity index (χ0) is 11.0. The first kappa shape index (κ1) is 9.90. The number of ketones is 1. The Hall–Kier alpha value is -1.64. The molecule has 2 aromatic rings. The first-order valence-electron chi connectivity index (χ1n) is 5.10. The molecule has 3 heteroatoms. The molecule has 0 atom stereocenters. The summed E-state index contributed by atoms with van der Waals surface area (Å²) in [6.45, 7) is 3.84. The summed E-state index contributed by atoms with van der Waals surface area (Å²) < 4.78 is 1.79. The normalized spacial score (nSPS) is 10.9. The molecular formula is C12H14N2O. The number of carbonyl (C=O) groups is 1. The van der Waals surface area contributed by atoms with E-state index in [2.05, 4.69) is 5.10 Å². The molecule has 0 radical (unpaired) electrons. The van der Waals surface area contributed by atoms with Gasteiger partial charge in [0, 0.05) is 24.4 Å². The Balaban J connectivity index is 2.80. The fraction of sp³-hybridized carbons (Fsp3) is 0.333. The van der Waals surface area contributed by atoms with Crippen LogP contribution in [0.2, 0.25) is 0 Å². The molecule has 2 rings (SSSR count). The zero-order valence-electron chi connectivity index (χ0n) is 9.24. The number of hydrogen-bond donors (Lipinski definition) is 0. The number of Topliss-reactive ketones (excluding diaryl/α,β-unsaturated/α-hetero) is 1. The maximum atomic E-state index is 11.7. The molecule has 0 saturated heterocycles. The van der Waals surface area contributed by atoms with Gasteiger partial charge in [-0.05, 0) is 13.0 Å². The van der Waals surface area contributed by atoms with Gasteiger partial charge in [0.15, 0.2) is 5.78 Å². The Bertz CT molecular complexity index is 526. The van der Waals surface area contributed by atoms with E-state index in [1.54, 1.807) is 4.68 Å². The number of carbonyl (C=O) groups excluding carboxylic acids is 1. The third-order valence-electron chi connectivity index (χ3n) is 2.67. The number of aromatic nitrogens is 2. The first-order chi connectivity index (χ1) is 7.15. The monoisotopic (exact) mass is 202 g/mol. The first-order valence-corrected chi connectivity index (χ1v) is 5.10. The van der Waals surface area contributed by atoms with Gasteiger partial charge in [-0.1, -0.05) is 19.1 Å². The van der Waals surface area contributed by atoms with E-state index < -0.39 is 0 Å². The predicted octanol–water partition coefficient (Wildman–Crippen LogP) is 2.47. The lowest BCUT2D eigenvalue weighted by Gasteiger charge is -2.02. The minimum atomic E-state index is 0.170. The van der Waals surface area contributed by atoms with Crippen molar-refractivity contribution >= 4 is 16.7 Å². The van der Waals surface area contributed by atoms with Gasteiger partial charge in [0.05, 0.1) is 11.2 Å². The van der Waals surface area contributed by atoms with Gasteiger partial charge in [0.25, 0.3) is 0 Å². The molecule has 3 nitrogen and oxygen atoms in total. The van der Waals surface area contributed by atoms with Crippen LogP contribution in [0.1, 0.15) is 29.4 Å². The number of nitrogens with zero attached hydrogens (tertiary/aromatic N) is 2. The maximum Gasteiger partial charge on any atom is 0.164 e. The number of rotatable bonds is 2. The van der Waals surface area contributed by atoms with Crippen molar-refractivity contribution < 1.29 is 4.79 Å². The van der Waals surface area contributed by atoms with Crippen LogP contribution < -0.4 is 0 Å². The van der Waals surface area contributed by atoms with Gasteiger partial charge in [-0.15, -0.1) is 0 Å². The smallest absolute Gasteiger partial charge is 0.164 e. The Morgan fingerprint density at radius 1 is 1.47 bits per heavy atom. The molecule has 0 bridgehead atoms. The van der Waals surface area contributed by atoms with Crippen molar-refractivity contribution in [1.29, 1.82) is 0 Å². The molecule has 0 aliphatic rings. The number of benzene rings is 1. The summed E-state index contributed by atoms with van der Waals surface area (Å²) in [6.07, 6.45) is 0.531. The summed E-state index contributed by atoms with van der Waals surface area (Å²) in [5.74, 6) is 0.170. The lowest BCUT2D eigenvalue weighted by Crippen LogP contribution is -2.01. The molecule has 78 valence electrons. The highest BCUT2D eigenvalue weighted by molar-refractivity contribution is 6.07. The van der Waals surface area contributed by atoms with E-state index >= 15 is 0 Å². The minimum absolute atomic E-state index is 0.170. The van der Waals surface area contributed by atoms with Crippen LogP contribution in [-0.2, 0) is 7.05 Å². The van der Waals surface area contributed by atoms with Gasteiger partial charge in [-0.2, -0.15) is 5.10 Å². The molecular weight excluding hydrogens is 188 g/mol. The van der Waals surface area contributed by atoms with Crippen LogP contribution in [0.5, 0.6) is 0 Å². The standard InChI is InChI=1S/C12H14N2O/c1-4-11(15)10-7-5-6-9-8(2)13-14(3)12(9)10/h5-7H,4H2,1-3H3. The largest absolute Gasteiger partial charge is 0.294 e. The van der Waals surface area contributed by atoms with Crippen LogP contribution >= 0.6 is 0 Å². The molecule has 0 unspecified atom stereocenters. The van der Waals surface area contributed by atoms with Crippen molar-refractivity contribution in [3.63, 3.8) is 0 Å². The van der Waals surface area contributed by atoms with Crippen LogP contribution in [0.15, 0.2) is 18.2 Å². The molecule has 0 aliphatic carbocycles. The van der Waals surface area contributed by atoms with Crippen molar-refractivity contribution in [3.8, 4) is 0 Å². The third kappa shape index (κ3) is 1.44. The number of para-hydroxylation sites is 1. The summed E-state index contributed by atoms with van der Waals surface area (Å²) in [5.41, 5.74) is 2.69. The third-order valence-corrected chi connectivity index (χ3v) is 2.67. The Morgan fingerprint density at radius 2 is 2.20 bits per heavy atom. The summed E-state index contributed by atoms with van der Waals surface area (Å²) in [7, 11) is 1.88. The maximum absolute atomic E-state index is 11.7. The summed E-state index contributed by atoms with van der Waals surface area (Å²) in [5, 5.41) is 5.40. The Kier molecular flexibility index (Phi) is 2.31. The number of hydrogen-bond acceptors (Lipinski definition) is 2. The van der Waals surface area contributed by atoms with Gasteiger partial charge < -0.3 is 0 Å². The van der Waals surface area contributed by atoms with E-state index in [1.165, 1.54) is 0 Å². The second-order valence-corrected chi connectivity index (χ2v) is 3.69. The van der Waals surface area contributed by atoms with Crippen LogP contribution in [-0.4, -0.2) is 15.6 Å². The highest BCUT2D eigenvalue weighted by Gasteiger charge is 2.13. The average molecular weight is 202 g/mol. The molecule has 0 amide bonds. The molecule has 1 aromatic heterocycles. The molecule has 1 aromatic carbocycles. The van der Waals surface area contributed by atoms with Crippen molar-refractivity contribution in [3.05, 3.63) is 29.5 Å². The Labute approximate surface area is 88.7 Å². The van der Waals surface area contributed by atoms with E-state index in [4.69, 9.17) is 0 Å². The lowest BCUT2D eigenvalue weighted by molar-refractivity contribution is 0.0989. The van der Waals surface area contributed by atoms with E-state index in [0.29, 0.717) is 6.42 Å². The zero-order valence-corrected chi connectivity index (χ0v) is 9.24. The molecule has 0 aliphatic heterocycles. The van der Waals surface area contributed by atoms with Gasteiger partial charge in [-0.3, -0.25) is 9.48 Å². The van der Waals surface area contributed by atoms with Crippen molar-refractivity contribution in [2.24, 2.45) is 7.05 Å². The molecule has 1 heterocycles. The average Bonchev–Trinajstić information content (AvgIpc) is 2.54. The summed E-state index contributed by atoms with van der Waals surface area (Å²) in [4.78, 5) is 11.7. The van der Waals surface area contributed by atoms with Gasteiger partial charge >= 0.3 is 0 Å². The highest BCUT2D eigenvalue weighted by atomic mass is 16.1. The second kappa shape index (κ2) is 3.50. The summed E-state index contributed by atoms with van der Waals surface area (Å²) in [6, 6.07) is 5.79. The minimum Gasteiger partial charge on any atom is -0.294 e. The molecule has 0 spiro atoms. The van der Waals surface area contributed by atoms with Gasteiger partial charge in [0.2, 0.25) is 0 Å². The fourth-order valence-corrected chi connectivity index (χ4v) is 1.93. The van der Waals surface area contributed by atoms with Crippen molar-refractivity contribution in [2.45, 2.75) is 20.3 Å². The van der Waals surface area contributed by atoms with Crippen molar-refractivity contribution in [2.75, 3.05) is 0 Å². The molecule has 0 N–H and O–H groups in total. The topological polar surface area (TPSA) is 34.9 Å². The second-order valence-electron chi connectivity index (χ2n) is 3.69. The van der Waals surface area contributed by atoms with Gasteiger partial charge in [0.1, 0.15) is 0 Å². The van der Waals surface area contributed by atoms with Crippen molar-refractivity contribution in [1.82, 2.24) is 9.78 Å².